The second-order valence-corrected chi connectivity index (χ2v) is 7.15. The molecule has 94 valence electrons. The molecule has 17 heavy (non-hydrogen) atoms. The van der Waals surface area contributed by atoms with E-state index >= 15 is 0 Å². The summed E-state index contributed by atoms with van der Waals surface area (Å²) in [7, 11) is -0.0589. The van der Waals surface area contributed by atoms with Crippen LogP contribution in [-0.4, -0.2) is 21.9 Å². The van der Waals surface area contributed by atoms with Crippen molar-refractivity contribution in [2.75, 3.05) is 6.61 Å². The molecule has 1 aliphatic rings. The number of benzene rings is 1. The lowest BCUT2D eigenvalue weighted by atomic mass is 9.99. The fourth-order valence-corrected chi connectivity index (χ4v) is 5.18. The van der Waals surface area contributed by atoms with Crippen molar-refractivity contribution in [3.05, 3.63) is 35.9 Å². The summed E-state index contributed by atoms with van der Waals surface area (Å²) >= 11 is 0. The normalized spacial score (nSPS) is 23.0. The lowest BCUT2D eigenvalue weighted by Crippen LogP contribution is -2.26. The van der Waals surface area contributed by atoms with Gasteiger partial charge in [-0.1, -0.05) is 43.3 Å². The minimum atomic E-state index is -0.0589. The lowest BCUT2D eigenvalue weighted by molar-refractivity contribution is 0.0648. The fraction of sp³-hybridized carbons (Fsp3) is 0.600. The van der Waals surface area contributed by atoms with E-state index in [4.69, 9.17) is 4.74 Å². The van der Waals surface area contributed by atoms with E-state index in [9.17, 15) is 0 Å². The minimum absolute atomic E-state index is 0.0589. The van der Waals surface area contributed by atoms with E-state index in [0.29, 0.717) is 5.73 Å². The summed E-state index contributed by atoms with van der Waals surface area (Å²) in [6.07, 6.45) is 5.27. The van der Waals surface area contributed by atoms with E-state index in [1.807, 2.05) is 0 Å². The molecular formula is C15H24OSi. The second-order valence-electron chi connectivity index (χ2n) is 5.08. The van der Waals surface area contributed by atoms with Crippen LogP contribution in [0.25, 0.3) is 0 Å². The van der Waals surface area contributed by atoms with Gasteiger partial charge < -0.3 is 4.74 Å². The first kappa shape index (κ1) is 12.8. The first-order valence-electron chi connectivity index (χ1n) is 7.06. The standard InChI is InChI=1S/C15H24OSi/c1-2-13(14-8-4-3-5-9-14)12-17-15-10-6-7-11-16-15/h3-5,8-9,13,15H,2,6-7,10-12,17H2,1H3. The third-order valence-corrected chi connectivity index (χ3v) is 6.19. The zero-order valence-electron chi connectivity index (χ0n) is 10.9. The van der Waals surface area contributed by atoms with Gasteiger partial charge in [-0.2, -0.15) is 0 Å². The topological polar surface area (TPSA) is 9.23 Å². The Labute approximate surface area is 107 Å². The molecule has 1 fully saturated rings. The molecule has 1 aromatic carbocycles. The molecular weight excluding hydrogens is 224 g/mol. The van der Waals surface area contributed by atoms with E-state index in [0.717, 1.165) is 12.5 Å². The summed E-state index contributed by atoms with van der Waals surface area (Å²) in [5, 5.41) is 0. The Bertz CT molecular complexity index is 306. The number of hydrogen-bond donors (Lipinski definition) is 0. The molecule has 0 bridgehead atoms. The number of hydrogen-bond acceptors (Lipinski definition) is 1. The molecule has 0 aliphatic carbocycles. The van der Waals surface area contributed by atoms with Crippen LogP contribution in [0.3, 0.4) is 0 Å². The number of rotatable bonds is 5. The monoisotopic (exact) mass is 248 g/mol. The predicted molar refractivity (Wildman–Crippen MR) is 76.4 cm³/mol. The quantitative estimate of drug-likeness (QED) is 0.727. The molecule has 0 N–H and O–H groups in total. The molecule has 2 atom stereocenters. The molecule has 0 spiro atoms. The minimum Gasteiger partial charge on any atom is -0.382 e. The van der Waals surface area contributed by atoms with Gasteiger partial charge in [0.05, 0.1) is 9.52 Å². The van der Waals surface area contributed by atoms with Crippen molar-refractivity contribution in [3.63, 3.8) is 0 Å². The van der Waals surface area contributed by atoms with Crippen molar-refractivity contribution in [2.24, 2.45) is 0 Å². The Kier molecular flexibility index (Phi) is 5.27. The average Bonchev–Trinajstić information content (AvgIpc) is 2.42. The highest BCUT2D eigenvalue weighted by Gasteiger charge is 2.17. The maximum Gasteiger partial charge on any atom is 0.0561 e. The SMILES string of the molecule is CCC(C[SiH2]C1CCCCO1)c1ccccc1. The van der Waals surface area contributed by atoms with Gasteiger partial charge in [-0.15, -0.1) is 0 Å². The Balaban J connectivity index is 1.83. The van der Waals surface area contributed by atoms with Crippen LogP contribution in [0.4, 0.5) is 0 Å². The molecule has 2 heteroatoms. The zero-order valence-corrected chi connectivity index (χ0v) is 12.3. The van der Waals surface area contributed by atoms with Gasteiger partial charge in [0.15, 0.2) is 0 Å². The molecule has 0 amide bonds. The van der Waals surface area contributed by atoms with Crippen LogP contribution >= 0.6 is 0 Å². The summed E-state index contributed by atoms with van der Waals surface area (Å²) in [5.74, 6) is 0.772. The van der Waals surface area contributed by atoms with E-state index in [-0.39, 0.29) is 9.52 Å². The fourth-order valence-electron chi connectivity index (χ4n) is 2.75. The van der Waals surface area contributed by atoms with Crippen molar-refractivity contribution in [1.29, 1.82) is 0 Å². The summed E-state index contributed by atoms with van der Waals surface area (Å²) < 4.78 is 5.87. The smallest absolute Gasteiger partial charge is 0.0561 e. The Morgan fingerprint density at radius 2 is 2.12 bits per heavy atom. The Hall–Kier alpha value is -0.603. The largest absolute Gasteiger partial charge is 0.382 e. The molecule has 1 aliphatic heterocycles. The summed E-state index contributed by atoms with van der Waals surface area (Å²) in [6.45, 7) is 3.33. The van der Waals surface area contributed by atoms with Gasteiger partial charge >= 0.3 is 0 Å². The maximum atomic E-state index is 5.87. The van der Waals surface area contributed by atoms with E-state index in [2.05, 4.69) is 37.3 Å². The molecule has 0 aromatic heterocycles. The first-order chi connectivity index (χ1) is 8.40. The van der Waals surface area contributed by atoms with Crippen molar-refractivity contribution in [1.82, 2.24) is 0 Å². The van der Waals surface area contributed by atoms with Crippen molar-refractivity contribution < 1.29 is 4.74 Å². The van der Waals surface area contributed by atoms with Crippen molar-refractivity contribution in [2.45, 2.75) is 50.3 Å². The van der Waals surface area contributed by atoms with Crippen LogP contribution in [0.15, 0.2) is 30.3 Å². The number of ether oxygens (including phenoxy) is 1. The Morgan fingerprint density at radius 3 is 2.76 bits per heavy atom. The lowest BCUT2D eigenvalue weighted by Gasteiger charge is -2.24. The van der Waals surface area contributed by atoms with Gasteiger partial charge in [0, 0.05) is 12.3 Å². The van der Waals surface area contributed by atoms with E-state index in [1.54, 1.807) is 0 Å². The first-order valence-corrected chi connectivity index (χ1v) is 8.88. The third-order valence-electron chi connectivity index (χ3n) is 3.87. The molecule has 1 aromatic rings. The highest BCUT2D eigenvalue weighted by atomic mass is 28.2. The average molecular weight is 248 g/mol. The van der Waals surface area contributed by atoms with Crippen LogP contribution < -0.4 is 0 Å². The summed E-state index contributed by atoms with van der Waals surface area (Å²) in [6, 6.07) is 12.4. The van der Waals surface area contributed by atoms with Gasteiger partial charge in [-0.05, 0) is 37.2 Å². The summed E-state index contributed by atoms with van der Waals surface area (Å²) in [5.41, 5.74) is 2.19. The molecule has 2 rings (SSSR count). The van der Waals surface area contributed by atoms with Crippen molar-refractivity contribution in [3.8, 4) is 0 Å². The van der Waals surface area contributed by atoms with Gasteiger partial charge in [0.1, 0.15) is 0 Å². The highest BCUT2D eigenvalue weighted by Crippen LogP contribution is 2.24. The molecule has 1 heterocycles. The highest BCUT2D eigenvalue weighted by molar-refractivity contribution is 6.37. The molecule has 1 saturated heterocycles. The molecule has 2 unspecified atom stereocenters. The van der Waals surface area contributed by atoms with Gasteiger partial charge in [-0.3, -0.25) is 0 Å². The van der Waals surface area contributed by atoms with Crippen LogP contribution in [-0.2, 0) is 4.74 Å². The van der Waals surface area contributed by atoms with Crippen LogP contribution in [0, 0.1) is 0 Å². The van der Waals surface area contributed by atoms with Gasteiger partial charge in [-0.25, -0.2) is 0 Å². The van der Waals surface area contributed by atoms with Gasteiger partial charge in [0.25, 0.3) is 0 Å². The summed E-state index contributed by atoms with van der Waals surface area (Å²) in [4.78, 5) is 0. The maximum absolute atomic E-state index is 5.87. The van der Waals surface area contributed by atoms with Crippen LogP contribution in [0.5, 0.6) is 0 Å². The van der Waals surface area contributed by atoms with E-state index in [1.165, 1.54) is 37.3 Å². The zero-order chi connectivity index (χ0) is 11.9. The van der Waals surface area contributed by atoms with Crippen LogP contribution in [0.1, 0.15) is 44.1 Å². The van der Waals surface area contributed by atoms with Gasteiger partial charge in [0.2, 0.25) is 0 Å². The van der Waals surface area contributed by atoms with E-state index < -0.39 is 0 Å². The molecule has 0 saturated carbocycles. The Morgan fingerprint density at radius 1 is 1.29 bits per heavy atom. The second kappa shape index (κ2) is 6.97. The van der Waals surface area contributed by atoms with Crippen molar-refractivity contribution >= 4 is 9.52 Å². The third kappa shape index (κ3) is 3.97. The molecule has 1 nitrogen and oxygen atoms in total. The predicted octanol–water partition coefficient (Wildman–Crippen LogP) is 3.29. The molecule has 0 radical (unpaired) electrons. The van der Waals surface area contributed by atoms with Crippen LogP contribution in [0.2, 0.25) is 6.04 Å².